The summed E-state index contributed by atoms with van der Waals surface area (Å²) in [7, 11) is 2.21. The number of nitrogens with zero attached hydrogens (tertiary/aromatic N) is 1. The van der Waals surface area contributed by atoms with Crippen LogP contribution in [0.2, 0.25) is 5.02 Å². The molecule has 9 heteroatoms. The number of fused-ring (bicyclic) bond motifs is 1. The molecular formula is C19H17ClN3O4P. The average molecular weight is 418 g/mol. The van der Waals surface area contributed by atoms with Crippen molar-refractivity contribution in [2.75, 3.05) is 5.32 Å². The summed E-state index contributed by atoms with van der Waals surface area (Å²) in [6.45, 7) is 0. The van der Waals surface area contributed by atoms with E-state index in [1.165, 1.54) is 0 Å². The lowest BCUT2D eigenvalue weighted by atomic mass is 10.0. The minimum Gasteiger partial charge on any atom is -0.481 e. The smallest absolute Gasteiger partial charge is 0.304 e. The normalized spacial score (nSPS) is 11.9. The standard InChI is InChI=1S/C19H17ClN3O4P/c20-13-6-5-10(8-15(13)21-19(27)16(28)9-17(24)25)7-14-11-3-1-2-4-12(11)18(26)23-22-14/h1-6,8,16H,7,9,28H2,(H,21,27)(H,23,26)(H,24,25). The molecule has 0 aliphatic heterocycles. The maximum atomic E-state index is 12.2. The van der Waals surface area contributed by atoms with E-state index in [1.807, 2.05) is 12.1 Å². The van der Waals surface area contributed by atoms with E-state index < -0.39 is 17.5 Å². The third-order valence-electron chi connectivity index (χ3n) is 4.17. The van der Waals surface area contributed by atoms with Gasteiger partial charge in [-0.25, -0.2) is 5.10 Å². The van der Waals surface area contributed by atoms with Gasteiger partial charge >= 0.3 is 5.97 Å². The highest BCUT2D eigenvalue weighted by Gasteiger charge is 2.18. The lowest BCUT2D eigenvalue weighted by molar-refractivity contribution is -0.138. The molecule has 3 rings (SSSR count). The van der Waals surface area contributed by atoms with Crippen molar-refractivity contribution in [3.63, 3.8) is 0 Å². The number of carboxylic acid groups (broad SMARTS) is 1. The Balaban J connectivity index is 1.86. The first-order valence-corrected chi connectivity index (χ1v) is 9.42. The molecule has 0 fully saturated rings. The van der Waals surface area contributed by atoms with Gasteiger partial charge in [-0.1, -0.05) is 35.9 Å². The molecule has 1 heterocycles. The molecular weight excluding hydrogens is 401 g/mol. The lowest BCUT2D eigenvalue weighted by Crippen LogP contribution is -2.25. The van der Waals surface area contributed by atoms with E-state index in [9.17, 15) is 14.4 Å². The summed E-state index contributed by atoms with van der Waals surface area (Å²) in [4.78, 5) is 34.9. The summed E-state index contributed by atoms with van der Waals surface area (Å²) in [5.41, 5.74) is 0.860. The van der Waals surface area contributed by atoms with Crippen molar-refractivity contribution in [1.82, 2.24) is 10.2 Å². The number of rotatable bonds is 6. The van der Waals surface area contributed by atoms with Gasteiger partial charge < -0.3 is 10.4 Å². The highest BCUT2D eigenvalue weighted by molar-refractivity contribution is 7.19. The fourth-order valence-corrected chi connectivity index (χ4v) is 3.23. The summed E-state index contributed by atoms with van der Waals surface area (Å²) in [5, 5.41) is 19.8. The van der Waals surface area contributed by atoms with E-state index in [1.54, 1.807) is 30.3 Å². The van der Waals surface area contributed by atoms with Crippen molar-refractivity contribution in [1.29, 1.82) is 0 Å². The molecule has 0 aliphatic rings. The van der Waals surface area contributed by atoms with Crippen molar-refractivity contribution < 1.29 is 14.7 Å². The van der Waals surface area contributed by atoms with Gasteiger partial charge in [0.15, 0.2) is 0 Å². The lowest BCUT2D eigenvalue weighted by Gasteiger charge is -2.13. The first-order chi connectivity index (χ1) is 13.3. The third-order valence-corrected chi connectivity index (χ3v) is 5.03. The summed E-state index contributed by atoms with van der Waals surface area (Å²) in [5.74, 6) is -1.52. The number of carbonyl (C=O) groups is 2. The summed E-state index contributed by atoms with van der Waals surface area (Å²) >= 11 is 6.17. The Morgan fingerprint density at radius 2 is 1.93 bits per heavy atom. The maximum Gasteiger partial charge on any atom is 0.304 e. The van der Waals surface area contributed by atoms with Crippen LogP contribution in [-0.2, 0) is 16.0 Å². The molecule has 0 radical (unpaired) electrons. The van der Waals surface area contributed by atoms with Gasteiger partial charge in [-0.05, 0) is 23.8 Å². The number of benzene rings is 2. The van der Waals surface area contributed by atoms with Gasteiger partial charge in [0.05, 0.1) is 33.9 Å². The van der Waals surface area contributed by atoms with Crippen molar-refractivity contribution in [2.45, 2.75) is 18.5 Å². The van der Waals surface area contributed by atoms with Crippen LogP contribution in [0.1, 0.15) is 17.7 Å². The zero-order chi connectivity index (χ0) is 20.3. The predicted molar refractivity (Wildman–Crippen MR) is 111 cm³/mol. The Morgan fingerprint density at radius 3 is 2.64 bits per heavy atom. The minimum absolute atomic E-state index is 0.256. The van der Waals surface area contributed by atoms with E-state index in [4.69, 9.17) is 16.7 Å². The van der Waals surface area contributed by atoms with E-state index >= 15 is 0 Å². The van der Waals surface area contributed by atoms with Crippen LogP contribution < -0.4 is 10.9 Å². The number of amides is 1. The Hall–Kier alpha value is -2.76. The molecule has 0 saturated heterocycles. The van der Waals surface area contributed by atoms with Gasteiger partial charge in [0.25, 0.3) is 5.56 Å². The molecule has 3 aromatic rings. The first-order valence-electron chi connectivity index (χ1n) is 8.38. The van der Waals surface area contributed by atoms with Crippen LogP contribution in [0.4, 0.5) is 5.69 Å². The largest absolute Gasteiger partial charge is 0.481 e. The molecule has 0 aliphatic carbocycles. The maximum absolute atomic E-state index is 12.2. The molecule has 0 saturated carbocycles. The second-order valence-corrected chi connectivity index (χ2v) is 7.44. The zero-order valence-electron chi connectivity index (χ0n) is 14.6. The molecule has 2 unspecified atom stereocenters. The summed E-state index contributed by atoms with van der Waals surface area (Å²) in [6, 6.07) is 12.3. The van der Waals surface area contributed by atoms with E-state index in [-0.39, 0.29) is 12.0 Å². The Morgan fingerprint density at radius 1 is 1.21 bits per heavy atom. The van der Waals surface area contributed by atoms with Crippen molar-refractivity contribution >= 4 is 49.2 Å². The number of H-pyrrole nitrogens is 1. The number of aromatic amines is 1. The zero-order valence-corrected chi connectivity index (χ0v) is 16.5. The summed E-state index contributed by atoms with van der Waals surface area (Å²) in [6.07, 6.45) is 0.109. The van der Waals surface area contributed by atoms with Gasteiger partial charge in [0.2, 0.25) is 5.91 Å². The van der Waals surface area contributed by atoms with Gasteiger partial charge in [-0.15, -0.1) is 9.24 Å². The van der Waals surface area contributed by atoms with Crippen LogP contribution in [-0.4, -0.2) is 32.8 Å². The van der Waals surface area contributed by atoms with Crippen LogP contribution >= 0.6 is 20.8 Å². The molecule has 3 N–H and O–H groups in total. The van der Waals surface area contributed by atoms with Crippen molar-refractivity contribution in [3.8, 4) is 0 Å². The number of halogens is 1. The molecule has 2 atom stereocenters. The van der Waals surface area contributed by atoms with Gasteiger partial charge in [0.1, 0.15) is 0 Å². The van der Waals surface area contributed by atoms with E-state index in [0.29, 0.717) is 28.2 Å². The highest BCUT2D eigenvalue weighted by Crippen LogP contribution is 2.26. The SMILES string of the molecule is O=C(O)CC(P)C(=O)Nc1cc(Cc2n[nH]c(=O)c3ccccc23)ccc1Cl. The van der Waals surface area contributed by atoms with Crippen molar-refractivity contribution in [2.24, 2.45) is 0 Å². The van der Waals surface area contributed by atoms with Crippen LogP contribution in [0.5, 0.6) is 0 Å². The van der Waals surface area contributed by atoms with Crippen LogP contribution in [0.15, 0.2) is 47.3 Å². The molecule has 1 amide bonds. The number of aliphatic carboxylic acids is 1. The van der Waals surface area contributed by atoms with Gasteiger partial charge in [-0.3, -0.25) is 14.4 Å². The molecule has 0 bridgehead atoms. The minimum atomic E-state index is -1.06. The Labute approximate surface area is 167 Å². The third kappa shape index (κ3) is 4.55. The Kier molecular flexibility index (Phi) is 6.07. The topological polar surface area (TPSA) is 112 Å². The van der Waals surface area contributed by atoms with E-state index in [2.05, 4.69) is 24.8 Å². The molecule has 7 nitrogen and oxygen atoms in total. The number of hydrogen-bond acceptors (Lipinski definition) is 4. The monoisotopic (exact) mass is 417 g/mol. The molecule has 144 valence electrons. The first kappa shape index (κ1) is 20.0. The Bertz CT molecular complexity index is 1120. The molecule has 2 aromatic carbocycles. The van der Waals surface area contributed by atoms with Crippen molar-refractivity contribution in [3.05, 3.63) is 69.1 Å². The van der Waals surface area contributed by atoms with Crippen LogP contribution in [0.25, 0.3) is 10.8 Å². The number of aromatic nitrogens is 2. The van der Waals surface area contributed by atoms with Crippen LogP contribution in [0.3, 0.4) is 0 Å². The molecule has 28 heavy (non-hydrogen) atoms. The second kappa shape index (κ2) is 8.50. The highest BCUT2D eigenvalue weighted by atomic mass is 35.5. The number of carbonyl (C=O) groups excluding carboxylic acids is 1. The molecule has 0 spiro atoms. The number of hydrogen-bond donors (Lipinski definition) is 3. The number of carboxylic acids is 1. The van der Waals surface area contributed by atoms with Crippen LogP contribution in [0, 0.1) is 0 Å². The second-order valence-electron chi connectivity index (χ2n) is 6.23. The van der Waals surface area contributed by atoms with Gasteiger partial charge in [0, 0.05) is 11.8 Å². The predicted octanol–water partition coefficient (Wildman–Crippen LogP) is 2.82. The quantitative estimate of drug-likeness (QED) is 0.534. The molecule has 1 aromatic heterocycles. The summed E-state index contributed by atoms with van der Waals surface area (Å²) < 4.78 is 0. The fraction of sp³-hybridized carbons (Fsp3) is 0.158. The number of nitrogens with one attached hydrogen (secondary N) is 2. The average Bonchev–Trinajstić information content (AvgIpc) is 2.66. The van der Waals surface area contributed by atoms with E-state index in [0.717, 1.165) is 10.9 Å². The van der Waals surface area contributed by atoms with Gasteiger partial charge in [-0.2, -0.15) is 5.10 Å². The fourth-order valence-electron chi connectivity index (χ4n) is 2.78. The number of anilines is 1.